The molecule has 1 aromatic rings. The van der Waals surface area contributed by atoms with Crippen LogP contribution in [0.1, 0.15) is 12.2 Å². The number of rotatable bonds is 7. The smallest absolute Gasteiger partial charge is 0.352 e. The van der Waals surface area contributed by atoms with E-state index >= 15 is 0 Å². The molecule has 4 aliphatic heterocycles. The van der Waals surface area contributed by atoms with Gasteiger partial charge in [-0.05, 0) is 18.1 Å². The van der Waals surface area contributed by atoms with E-state index in [1.807, 2.05) is 0 Å². The summed E-state index contributed by atoms with van der Waals surface area (Å²) in [6.07, 6.45) is 3.24. The lowest BCUT2D eigenvalue weighted by Crippen LogP contribution is -2.71. The van der Waals surface area contributed by atoms with Crippen molar-refractivity contribution < 1.29 is 29.5 Å². The van der Waals surface area contributed by atoms with Crippen molar-refractivity contribution in [3.63, 3.8) is 0 Å². The number of oxime groups is 1. The van der Waals surface area contributed by atoms with Crippen LogP contribution in [-0.2, 0) is 19.2 Å². The Morgan fingerprint density at radius 3 is 2.68 bits per heavy atom. The van der Waals surface area contributed by atoms with Crippen LogP contribution in [0, 0.1) is 5.41 Å². The first-order valence-corrected chi connectivity index (χ1v) is 12.9. The lowest BCUT2D eigenvalue weighted by molar-refractivity contribution is -0.150. The average Bonchev–Trinajstić information content (AvgIpc) is 3.42. The molecule has 3 saturated heterocycles. The molecule has 5 heterocycles. The Morgan fingerprint density at radius 2 is 2.05 bits per heavy atom. The molecule has 0 saturated carbocycles. The quantitative estimate of drug-likeness (QED) is 0.0659. The predicted molar refractivity (Wildman–Crippen MR) is 131 cm³/mol. The molecule has 0 radical (unpaired) electrons. The summed E-state index contributed by atoms with van der Waals surface area (Å²) in [5.41, 5.74) is 5.55. The molecule has 5 rings (SSSR count). The van der Waals surface area contributed by atoms with Crippen LogP contribution < -0.4 is 11.1 Å². The maximum atomic E-state index is 12.9. The maximum Gasteiger partial charge on any atom is 0.352 e. The number of fused-ring (bicyclic) bond motifs is 1. The Hall–Kier alpha value is -3.99. The van der Waals surface area contributed by atoms with E-state index in [-0.39, 0.29) is 34.4 Å². The number of allylic oxidation sites excluding steroid dienone is 1. The largest absolute Gasteiger partial charge is 0.477 e. The third-order valence-electron chi connectivity index (χ3n) is 6.48. The number of nitrogen functional groups attached to an aromatic ring is 1. The average molecular weight is 548 g/mol. The van der Waals surface area contributed by atoms with E-state index in [9.17, 15) is 29.5 Å². The molecule has 1 aromatic heterocycles. The van der Waals surface area contributed by atoms with E-state index < -0.39 is 34.9 Å². The van der Waals surface area contributed by atoms with Crippen LogP contribution in [0.25, 0.3) is 0 Å². The van der Waals surface area contributed by atoms with Gasteiger partial charge in [0.05, 0.1) is 12.4 Å². The fourth-order valence-electron chi connectivity index (χ4n) is 4.60. The number of hydrogen-bond donors (Lipinski definition) is 5. The SMILES string of the molecule is N=CN1CC(N2CC/C(=C\C3=C(C(=O)O)N4C(=O)[C@@H](NC(=O)/C(=N\O)c5nsc(N)n5)[C@H]4SC3)C2=O)C1. The fraction of sp³-hybridized carbons (Fsp3) is 0.400. The number of carboxylic acid groups (broad SMARTS) is 1. The summed E-state index contributed by atoms with van der Waals surface area (Å²) in [7, 11) is 0. The summed E-state index contributed by atoms with van der Waals surface area (Å²) in [5.74, 6) is -3.06. The van der Waals surface area contributed by atoms with Gasteiger partial charge in [0.15, 0.2) is 5.13 Å². The number of amides is 3. The van der Waals surface area contributed by atoms with Gasteiger partial charge in [0.1, 0.15) is 17.1 Å². The van der Waals surface area contributed by atoms with E-state index in [0.717, 1.165) is 16.4 Å². The number of nitrogens with zero attached hydrogens (tertiary/aromatic N) is 6. The number of β-lactam (4-membered cyclic amide) rings is 1. The molecule has 3 amide bonds. The number of nitrogens with one attached hydrogen (secondary N) is 2. The fourth-order valence-corrected chi connectivity index (χ4v) is 6.34. The number of likely N-dealkylation sites (tertiary alicyclic amines) is 2. The molecule has 0 spiro atoms. The molecule has 3 fully saturated rings. The van der Waals surface area contributed by atoms with Crippen LogP contribution in [0.3, 0.4) is 0 Å². The lowest BCUT2D eigenvalue weighted by Gasteiger charge is -2.49. The Morgan fingerprint density at radius 1 is 1.30 bits per heavy atom. The number of thioether (sulfide) groups is 1. The molecular formula is C20H21N9O6S2. The summed E-state index contributed by atoms with van der Waals surface area (Å²) in [6, 6.07) is -1.05. The number of carbonyl (C=O) groups excluding carboxylic acids is 3. The van der Waals surface area contributed by atoms with Crippen molar-refractivity contribution in [2.75, 3.05) is 31.1 Å². The molecule has 194 valence electrons. The lowest BCUT2D eigenvalue weighted by atomic mass is 10.0. The van der Waals surface area contributed by atoms with Crippen molar-refractivity contribution >= 4 is 64.2 Å². The zero-order chi connectivity index (χ0) is 26.4. The normalized spacial score (nSPS) is 25.2. The van der Waals surface area contributed by atoms with Crippen molar-refractivity contribution in [3.8, 4) is 0 Å². The van der Waals surface area contributed by atoms with Crippen LogP contribution in [0.2, 0.25) is 0 Å². The van der Waals surface area contributed by atoms with Crippen molar-refractivity contribution in [2.24, 2.45) is 5.16 Å². The molecule has 17 heteroatoms. The van der Waals surface area contributed by atoms with Crippen molar-refractivity contribution in [3.05, 3.63) is 28.7 Å². The van der Waals surface area contributed by atoms with Gasteiger partial charge in [-0.15, -0.1) is 11.8 Å². The number of carboxylic acids is 1. The minimum Gasteiger partial charge on any atom is -0.477 e. The molecule has 37 heavy (non-hydrogen) atoms. The highest BCUT2D eigenvalue weighted by Crippen LogP contribution is 2.41. The van der Waals surface area contributed by atoms with Crippen LogP contribution in [0.4, 0.5) is 5.13 Å². The highest BCUT2D eigenvalue weighted by atomic mass is 32.2. The first-order valence-electron chi connectivity index (χ1n) is 11.0. The summed E-state index contributed by atoms with van der Waals surface area (Å²) >= 11 is 2.04. The molecule has 4 aliphatic rings. The number of nitrogens with two attached hydrogens (primary N) is 1. The first kappa shape index (κ1) is 24.7. The highest BCUT2D eigenvalue weighted by Gasteiger charge is 2.54. The van der Waals surface area contributed by atoms with Gasteiger partial charge in [-0.2, -0.15) is 9.36 Å². The number of aromatic nitrogens is 2. The van der Waals surface area contributed by atoms with E-state index in [0.29, 0.717) is 37.2 Å². The molecule has 2 atom stereocenters. The zero-order valence-electron chi connectivity index (χ0n) is 19.0. The number of aliphatic carboxylic acids is 1. The third-order valence-corrected chi connectivity index (χ3v) is 8.32. The Bertz CT molecular complexity index is 1300. The third kappa shape index (κ3) is 4.18. The van der Waals surface area contributed by atoms with Crippen LogP contribution in [-0.4, -0.2) is 113 Å². The van der Waals surface area contributed by atoms with Gasteiger partial charge in [-0.3, -0.25) is 24.7 Å². The van der Waals surface area contributed by atoms with E-state index in [1.54, 1.807) is 15.9 Å². The van der Waals surface area contributed by atoms with Gasteiger partial charge >= 0.3 is 5.97 Å². The molecule has 0 aliphatic carbocycles. The van der Waals surface area contributed by atoms with Gasteiger partial charge in [-0.25, -0.2) is 4.79 Å². The van der Waals surface area contributed by atoms with Gasteiger partial charge in [0, 0.05) is 42.5 Å². The monoisotopic (exact) mass is 547 g/mol. The molecule has 0 bridgehead atoms. The minimum atomic E-state index is -1.32. The molecule has 15 nitrogen and oxygen atoms in total. The molecule has 0 aromatic carbocycles. The topological polar surface area (TPSA) is 218 Å². The summed E-state index contributed by atoms with van der Waals surface area (Å²) in [5, 5.41) is 31.1. The van der Waals surface area contributed by atoms with Gasteiger partial charge in [-0.1, -0.05) is 5.16 Å². The molecule has 6 N–H and O–H groups in total. The van der Waals surface area contributed by atoms with E-state index in [1.165, 1.54) is 18.1 Å². The minimum absolute atomic E-state index is 0.0163. The van der Waals surface area contributed by atoms with Crippen molar-refractivity contribution in [2.45, 2.75) is 23.9 Å². The second-order valence-electron chi connectivity index (χ2n) is 8.60. The maximum absolute atomic E-state index is 12.9. The summed E-state index contributed by atoms with van der Waals surface area (Å²) < 4.78 is 3.81. The Labute approximate surface area is 217 Å². The zero-order valence-corrected chi connectivity index (χ0v) is 20.7. The summed E-state index contributed by atoms with van der Waals surface area (Å²) in [6.45, 7) is 1.69. The van der Waals surface area contributed by atoms with Gasteiger partial charge in [0.25, 0.3) is 11.8 Å². The second-order valence-corrected chi connectivity index (χ2v) is 10.5. The van der Waals surface area contributed by atoms with Crippen LogP contribution >= 0.6 is 23.3 Å². The van der Waals surface area contributed by atoms with Gasteiger partial charge in [0.2, 0.25) is 17.4 Å². The Kier molecular flexibility index (Phi) is 6.32. The number of carbonyl (C=O) groups is 4. The molecular weight excluding hydrogens is 526 g/mol. The number of anilines is 1. The standard InChI is InChI=1S/C20H21N9O6S2/c21-7-27-4-10(5-27)28-2-1-8(16(28)31)3-9-6-36-18-12(17(32)29(18)13(9)19(33)34)23-15(30)11(25-35)14-24-20(22)37-26-14/h3,7,10,12,18,21,35H,1-2,4-6H2,(H,23,30)(H,33,34)(H2,22,24,26)/b8-3+,21-7?,25-11-/t12-,18-/m1/s1. The van der Waals surface area contributed by atoms with Crippen molar-refractivity contribution in [1.29, 1.82) is 5.41 Å². The highest BCUT2D eigenvalue weighted by molar-refractivity contribution is 8.00. The van der Waals surface area contributed by atoms with E-state index in [4.69, 9.17) is 11.1 Å². The Balaban J connectivity index is 1.31. The van der Waals surface area contributed by atoms with Crippen LogP contribution in [0.15, 0.2) is 28.1 Å². The summed E-state index contributed by atoms with van der Waals surface area (Å²) in [4.78, 5) is 59.0. The van der Waals surface area contributed by atoms with Gasteiger partial charge < -0.3 is 31.2 Å². The second kappa shape index (κ2) is 9.47. The molecule has 0 unspecified atom stereocenters. The first-order chi connectivity index (χ1) is 17.7. The van der Waals surface area contributed by atoms with E-state index in [2.05, 4.69) is 19.8 Å². The number of hydrogen-bond acceptors (Lipinski definition) is 12. The van der Waals surface area contributed by atoms with Crippen LogP contribution in [0.5, 0.6) is 0 Å². The predicted octanol–water partition coefficient (Wildman–Crippen LogP) is -1.51. The van der Waals surface area contributed by atoms with Crippen molar-refractivity contribution in [1.82, 2.24) is 29.4 Å².